The highest BCUT2D eigenvalue weighted by atomic mass is 16.4. The molecule has 1 fully saturated rings. The van der Waals surface area contributed by atoms with E-state index in [2.05, 4.69) is 10.4 Å². The van der Waals surface area contributed by atoms with Crippen LogP contribution in [0.2, 0.25) is 0 Å². The van der Waals surface area contributed by atoms with Gasteiger partial charge in [0.1, 0.15) is 6.04 Å². The minimum Gasteiger partial charge on any atom is -0.480 e. The highest BCUT2D eigenvalue weighted by molar-refractivity contribution is 5.95. The van der Waals surface area contributed by atoms with E-state index in [9.17, 15) is 9.59 Å². The maximum absolute atomic E-state index is 12.1. The minimum atomic E-state index is -0.992. The number of para-hydroxylation sites is 1. The fourth-order valence-corrected chi connectivity index (χ4v) is 2.20. The van der Waals surface area contributed by atoms with Gasteiger partial charge in [-0.05, 0) is 37.0 Å². The first kappa shape index (κ1) is 13.4. The molecule has 108 valence electrons. The molecule has 3 rings (SSSR count). The molecule has 1 saturated carbocycles. The summed E-state index contributed by atoms with van der Waals surface area (Å²) in [5.41, 5.74) is 1.05. The smallest absolute Gasteiger partial charge is 0.326 e. The van der Waals surface area contributed by atoms with Crippen LogP contribution in [-0.4, -0.2) is 32.8 Å². The predicted octanol–water partition coefficient (Wildman–Crippen LogP) is 1.47. The van der Waals surface area contributed by atoms with Crippen molar-refractivity contribution in [3.05, 3.63) is 48.3 Å². The lowest BCUT2D eigenvalue weighted by molar-refractivity contribution is -0.139. The Bertz CT molecular complexity index is 662. The molecule has 1 aromatic heterocycles. The van der Waals surface area contributed by atoms with Crippen molar-refractivity contribution in [2.45, 2.75) is 18.9 Å². The quantitative estimate of drug-likeness (QED) is 0.871. The number of amides is 1. The van der Waals surface area contributed by atoms with Crippen molar-refractivity contribution in [3.63, 3.8) is 0 Å². The lowest BCUT2D eigenvalue weighted by Gasteiger charge is -2.12. The Morgan fingerprint density at radius 3 is 2.57 bits per heavy atom. The van der Waals surface area contributed by atoms with E-state index in [1.165, 1.54) is 0 Å². The van der Waals surface area contributed by atoms with Gasteiger partial charge in [0.25, 0.3) is 5.91 Å². The molecule has 1 amide bonds. The zero-order chi connectivity index (χ0) is 14.8. The van der Waals surface area contributed by atoms with Crippen LogP contribution in [0.4, 0.5) is 0 Å². The maximum Gasteiger partial charge on any atom is 0.326 e. The van der Waals surface area contributed by atoms with Gasteiger partial charge in [-0.2, -0.15) is 5.10 Å². The average Bonchev–Trinajstić information content (AvgIpc) is 3.20. The highest BCUT2D eigenvalue weighted by Crippen LogP contribution is 2.32. The fraction of sp³-hybridized carbons (Fsp3) is 0.267. The van der Waals surface area contributed by atoms with E-state index in [-0.39, 0.29) is 11.6 Å². The number of carboxylic acid groups (broad SMARTS) is 1. The van der Waals surface area contributed by atoms with Crippen molar-refractivity contribution < 1.29 is 14.7 Å². The minimum absolute atomic E-state index is 0.0441. The Morgan fingerprint density at radius 2 is 1.95 bits per heavy atom. The zero-order valence-corrected chi connectivity index (χ0v) is 11.3. The molecule has 1 aromatic carbocycles. The number of nitrogens with zero attached hydrogens (tertiary/aromatic N) is 2. The topological polar surface area (TPSA) is 84.2 Å². The van der Waals surface area contributed by atoms with Crippen molar-refractivity contribution in [3.8, 4) is 5.69 Å². The standard InChI is InChI=1S/C15H15N3O3/c19-14(16-13(15(20)21)10-6-7-10)12-8-9-18(17-12)11-4-2-1-3-5-11/h1-5,8-10,13H,6-7H2,(H,16,19)(H,20,21). The molecule has 1 unspecified atom stereocenters. The Labute approximate surface area is 121 Å². The first-order chi connectivity index (χ1) is 10.1. The number of hydrogen-bond donors (Lipinski definition) is 2. The van der Waals surface area contributed by atoms with Crippen LogP contribution in [0.1, 0.15) is 23.3 Å². The van der Waals surface area contributed by atoms with E-state index in [1.807, 2.05) is 30.3 Å². The SMILES string of the molecule is O=C(NC(C(=O)O)C1CC1)c1ccn(-c2ccccc2)n1. The molecule has 1 atom stereocenters. The average molecular weight is 285 g/mol. The number of carboxylic acids is 1. The molecular weight excluding hydrogens is 270 g/mol. The normalized spacial score (nSPS) is 15.4. The van der Waals surface area contributed by atoms with E-state index in [4.69, 9.17) is 5.11 Å². The molecule has 1 heterocycles. The molecule has 2 N–H and O–H groups in total. The van der Waals surface area contributed by atoms with Crippen molar-refractivity contribution in [1.29, 1.82) is 0 Å². The Morgan fingerprint density at radius 1 is 1.24 bits per heavy atom. The summed E-state index contributed by atoms with van der Waals surface area (Å²) >= 11 is 0. The summed E-state index contributed by atoms with van der Waals surface area (Å²) < 4.78 is 1.59. The Hall–Kier alpha value is -2.63. The number of hydrogen-bond acceptors (Lipinski definition) is 3. The summed E-state index contributed by atoms with van der Waals surface area (Å²) in [7, 11) is 0. The molecule has 1 aliphatic carbocycles. The second-order valence-corrected chi connectivity index (χ2v) is 5.11. The lowest BCUT2D eigenvalue weighted by Crippen LogP contribution is -2.42. The zero-order valence-electron chi connectivity index (χ0n) is 11.3. The van der Waals surface area contributed by atoms with E-state index in [0.717, 1.165) is 18.5 Å². The van der Waals surface area contributed by atoms with Crippen molar-refractivity contribution in [1.82, 2.24) is 15.1 Å². The molecule has 1 aliphatic rings. The number of rotatable bonds is 5. The third-order valence-corrected chi connectivity index (χ3v) is 3.49. The first-order valence-electron chi connectivity index (χ1n) is 6.80. The van der Waals surface area contributed by atoms with Crippen LogP contribution in [0.15, 0.2) is 42.6 Å². The molecule has 6 nitrogen and oxygen atoms in total. The molecule has 21 heavy (non-hydrogen) atoms. The summed E-state index contributed by atoms with van der Waals surface area (Å²) in [6, 6.07) is 10.2. The summed E-state index contributed by atoms with van der Waals surface area (Å²) in [6.07, 6.45) is 3.36. The molecule has 0 bridgehead atoms. The molecule has 2 aromatic rings. The summed E-state index contributed by atoms with van der Waals surface area (Å²) in [5.74, 6) is -1.40. The van der Waals surface area contributed by atoms with E-state index in [1.54, 1.807) is 16.9 Å². The third kappa shape index (κ3) is 2.94. The summed E-state index contributed by atoms with van der Waals surface area (Å²) in [5, 5.41) is 15.9. The molecule has 0 spiro atoms. The van der Waals surface area contributed by atoms with Crippen LogP contribution < -0.4 is 5.32 Å². The number of carbonyl (C=O) groups is 2. The van der Waals surface area contributed by atoms with E-state index < -0.39 is 17.9 Å². The van der Waals surface area contributed by atoms with Gasteiger partial charge in [-0.3, -0.25) is 4.79 Å². The van der Waals surface area contributed by atoms with Crippen LogP contribution in [0.25, 0.3) is 5.69 Å². The van der Waals surface area contributed by atoms with Gasteiger partial charge >= 0.3 is 5.97 Å². The molecular formula is C15H15N3O3. The Balaban J connectivity index is 1.73. The van der Waals surface area contributed by atoms with Gasteiger partial charge in [-0.1, -0.05) is 18.2 Å². The van der Waals surface area contributed by atoms with Gasteiger partial charge in [-0.25, -0.2) is 9.48 Å². The third-order valence-electron chi connectivity index (χ3n) is 3.49. The second kappa shape index (κ2) is 5.40. The second-order valence-electron chi connectivity index (χ2n) is 5.11. The van der Waals surface area contributed by atoms with Crippen LogP contribution in [0.3, 0.4) is 0 Å². The highest BCUT2D eigenvalue weighted by Gasteiger charge is 2.37. The van der Waals surface area contributed by atoms with Gasteiger partial charge in [0.15, 0.2) is 5.69 Å². The Kier molecular flexibility index (Phi) is 3.43. The van der Waals surface area contributed by atoms with Crippen molar-refractivity contribution in [2.75, 3.05) is 0 Å². The van der Waals surface area contributed by atoms with Gasteiger partial charge in [0, 0.05) is 6.20 Å². The number of carbonyl (C=O) groups excluding carboxylic acids is 1. The number of aliphatic carboxylic acids is 1. The van der Waals surface area contributed by atoms with Crippen LogP contribution >= 0.6 is 0 Å². The van der Waals surface area contributed by atoms with E-state index >= 15 is 0 Å². The fourth-order valence-electron chi connectivity index (χ4n) is 2.20. The summed E-state index contributed by atoms with van der Waals surface area (Å²) in [4.78, 5) is 23.2. The number of aromatic nitrogens is 2. The largest absolute Gasteiger partial charge is 0.480 e. The van der Waals surface area contributed by atoms with Gasteiger partial charge in [-0.15, -0.1) is 0 Å². The molecule has 0 saturated heterocycles. The summed E-state index contributed by atoms with van der Waals surface area (Å²) in [6.45, 7) is 0. The van der Waals surface area contributed by atoms with Crippen LogP contribution in [-0.2, 0) is 4.79 Å². The molecule has 0 radical (unpaired) electrons. The molecule has 6 heteroatoms. The van der Waals surface area contributed by atoms with Crippen LogP contribution in [0, 0.1) is 5.92 Å². The number of nitrogens with one attached hydrogen (secondary N) is 1. The first-order valence-corrected chi connectivity index (χ1v) is 6.80. The van der Waals surface area contributed by atoms with Crippen molar-refractivity contribution >= 4 is 11.9 Å². The van der Waals surface area contributed by atoms with Gasteiger partial charge in [0.05, 0.1) is 5.69 Å². The molecule has 0 aliphatic heterocycles. The predicted molar refractivity (Wildman–Crippen MR) is 75.2 cm³/mol. The monoisotopic (exact) mass is 285 g/mol. The van der Waals surface area contributed by atoms with Crippen molar-refractivity contribution in [2.24, 2.45) is 5.92 Å². The van der Waals surface area contributed by atoms with Gasteiger partial charge < -0.3 is 10.4 Å². The lowest BCUT2D eigenvalue weighted by atomic mass is 10.2. The maximum atomic E-state index is 12.1. The van der Waals surface area contributed by atoms with E-state index in [0.29, 0.717) is 0 Å². The van der Waals surface area contributed by atoms with Gasteiger partial charge in [0.2, 0.25) is 0 Å². The number of benzene rings is 1. The van der Waals surface area contributed by atoms with Crippen LogP contribution in [0.5, 0.6) is 0 Å².